The zero-order valence-corrected chi connectivity index (χ0v) is 16.3. The number of carbonyl (C=O) groups excluding carboxylic acids is 1. The van der Waals surface area contributed by atoms with Crippen LogP contribution >= 0.6 is 24.8 Å². The van der Waals surface area contributed by atoms with Gasteiger partial charge in [0.25, 0.3) is 5.91 Å². The van der Waals surface area contributed by atoms with Gasteiger partial charge in [-0.3, -0.25) is 4.79 Å². The molecule has 0 radical (unpaired) electrons. The Morgan fingerprint density at radius 1 is 1.23 bits per heavy atom. The van der Waals surface area contributed by atoms with E-state index >= 15 is 0 Å². The third-order valence-electron chi connectivity index (χ3n) is 3.70. The third-order valence-corrected chi connectivity index (χ3v) is 3.70. The molecule has 6 nitrogen and oxygen atoms in total. The summed E-state index contributed by atoms with van der Waals surface area (Å²) in [6, 6.07) is 9.25. The minimum atomic E-state index is -0.211. The second-order valence-corrected chi connectivity index (χ2v) is 6.22. The van der Waals surface area contributed by atoms with E-state index in [0.717, 1.165) is 23.3 Å². The topological polar surface area (TPSA) is 85.8 Å². The van der Waals surface area contributed by atoms with E-state index in [1.165, 1.54) is 0 Å². The maximum atomic E-state index is 12.4. The van der Waals surface area contributed by atoms with Gasteiger partial charge in [-0.2, -0.15) is 0 Å². The number of fused-ring (bicyclic) bond motifs is 1. The number of rotatable bonds is 5. The molecule has 0 bridgehead atoms. The molecular weight excluding hydrogens is 373 g/mol. The zero-order valence-electron chi connectivity index (χ0n) is 14.7. The molecule has 0 fully saturated rings. The number of imidazole rings is 1. The monoisotopic (exact) mass is 395 g/mol. The number of halogens is 2. The maximum absolute atomic E-state index is 12.4. The Balaban J connectivity index is 0.00000169. The van der Waals surface area contributed by atoms with Crippen LogP contribution < -0.4 is 11.1 Å². The molecule has 1 amide bonds. The first-order valence-corrected chi connectivity index (χ1v) is 7.98. The van der Waals surface area contributed by atoms with E-state index in [0.29, 0.717) is 23.7 Å². The molecule has 0 saturated heterocycles. The van der Waals surface area contributed by atoms with Crippen molar-refractivity contribution in [1.82, 2.24) is 14.5 Å². The van der Waals surface area contributed by atoms with Gasteiger partial charge >= 0.3 is 0 Å². The van der Waals surface area contributed by atoms with Crippen molar-refractivity contribution in [2.75, 3.05) is 5.32 Å². The number of anilines is 1. The Labute approximate surface area is 165 Å². The van der Waals surface area contributed by atoms with Gasteiger partial charge in [-0.1, -0.05) is 26.0 Å². The van der Waals surface area contributed by atoms with Crippen LogP contribution in [-0.4, -0.2) is 20.4 Å². The lowest BCUT2D eigenvalue weighted by molar-refractivity contribution is 0.102. The quantitative estimate of drug-likeness (QED) is 0.690. The molecule has 140 valence electrons. The molecule has 0 atom stereocenters. The summed E-state index contributed by atoms with van der Waals surface area (Å²) in [6.45, 7) is 5.57. The van der Waals surface area contributed by atoms with Gasteiger partial charge in [-0.15, -0.1) is 24.8 Å². The van der Waals surface area contributed by atoms with Crippen molar-refractivity contribution in [2.45, 2.75) is 26.9 Å². The summed E-state index contributed by atoms with van der Waals surface area (Å²) in [6.07, 6.45) is 3.35. The lowest BCUT2D eigenvalue weighted by Gasteiger charge is -2.08. The van der Waals surface area contributed by atoms with Crippen molar-refractivity contribution >= 4 is 47.6 Å². The van der Waals surface area contributed by atoms with E-state index in [1.807, 2.05) is 28.8 Å². The van der Waals surface area contributed by atoms with Gasteiger partial charge < -0.3 is 15.6 Å². The van der Waals surface area contributed by atoms with Gasteiger partial charge in [0.2, 0.25) is 0 Å². The van der Waals surface area contributed by atoms with Crippen LogP contribution in [0.25, 0.3) is 11.2 Å². The highest BCUT2D eigenvalue weighted by Gasteiger charge is 2.11. The van der Waals surface area contributed by atoms with Crippen molar-refractivity contribution in [1.29, 1.82) is 0 Å². The summed E-state index contributed by atoms with van der Waals surface area (Å²) in [4.78, 5) is 21.2. The summed E-state index contributed by atoms with van der Waals surface area (Å²) < 4.78 is 2.01. The number of hydrogen-bond donors (Lipinski definition) is 2. The number of benzene rings is 1. The van der Waals surface area contributed by atoms with Gasteiger partial charge in [-0.05, 0) is 29.7 Å². The molecule has 0 unspecified atom stereocenters. The summed E-state index contributed by atoms with van der Waals surface area (Å²) >= 11 is 0. The predicted octanol–water partition coefficient (Wildman–Crippen LogP) is 3.64. The summed E-state index contributed by atoms with van der Waals surface area (Å²) in [7, 11) is 0. The molecule has 2 aromatic heterocycles. The highest BCUT2D eigenvalue weighted by molar-refractivity contribution is 6.05. The van der Waals surface area contributed by atoms with Crippen LogP contribution in [0.1, 0.15) is 29.8 Å². The van der Waals surface area contributed by atoms with Gasteiger partial charge in [0, 0.05) is 25.0 Å². The summed E-state index contributed by atoms with van der Waals surface area (Å²) in [5.74, 6) is 0.291. The highest BCUT2D eigenvalue weighted by Crippen LogP contribution is 2.16. The third kappa shape index (κ3) is 4.94. The maximum Gasteiger partial charge on any atom is 0.257 e. The van der Waals surface area contributed by atoms with Crippen LogP contribution in [0, 0.1) is 5.92 Å². The van der Waals surface area contributed by atoms with Crippen molar-refractivity contribution in [2.24, 2.45) is 11.7 Å². The average Bonchev–Trinajstić information content (AvgIpc) is 2.96. The lowest BCUT2D eigenvalue weighted by atomic mass is 10.2. The van der Waals surface area contributed by atoms with Crippen LogP contribution in [-0.2, 0) is 13.1 Å². The molecule has 0 aliphatic rings. The van der Waals surface area contributed by atoms with Crippen LogP contribution in [0.4, 0.5) is 5.69 Å². The molecule has 8 heteroatoms. The number of carbonyl (C=O) groups is 1. The van der Waals surface area contributed by atoms with E-state index < -0.39 is 0 Å². The molecule has 0 saturated carbocycles. The smallest absolute Gasteiger partial charge is 0.257 e. The minimum Gasteiger partial charge on any atom is -0.326 e. The van der Waals surface area contributed by atoms with Crippen molar-refractivity contribution in [3.8, 4) is 0 Å². The first-order chi connectivity index (χ1) is 11.6. The van der Waals surface area contributed by atoms with E-state index in [2.05, 4.69) is 29.1 Å². The molecule has 2 heterocycles. The largest absolute Gasteiger partial charge is 0.326 e. The van der Waals surface area contributed by atoms with Crippen LogP contribution in [0.2, 0.25) is 0 Å². The van der Waals surface area contributed by atoms with E-state index in [9.17, 15) is 4.79 Å². The average molecular weight is 396 g/mol. The first kappa shape index (κ1) is 21.9. The van der Waals surface area contributed by atoms with Crippen LogP contribution in [0.3, 0.4) is 0 Å². The zero-order chi connectivity index (χ0) is 17.1. The number of pyridine rings is 1. The number of amides is 1. The number of hydrogen-bond acceptors (Lipinski definition) is 4. The Kier molecular flexibility index (Phi) is 8.02. The van der Waals surface area contributed by atoms with Gasteiger partial charge in [-0.25, -0.2) is 9.97 Å². The number of nitrogens with two attached hydrogens (primary N) is 1. The normalized spacial score (nSPS) is 10.3. The SMILES string of the molecule is CC(C)Cn1cnc2cc(C(=O)Nc3cccc(CN)c3)cnc21.Cl.Cl. The Morgan fingerprint density at radius 2 is 2.00 bits per heavy atom. The number of nitrogens with zero attached hydrogens (tertiary/aromatic N) is 3. The molecule has 26 heavy (non-hydrogen) atoms. The fourth-order valence-electron chi connectivity index (χ4n) is 2.58. The van der Waals surface area contributed by atoms with E-state index in [1.54, 1.807) is 18.6 Å². The molecular formula is C18H23Cl2N5O. The highest BCUT2D eigenvalue weighted by atomic mass is 35.5. The Morgan fingerprint density at radius 3 is 2.69 bits per heavy atom. The van der Waals surface area contributed by atoms with E-state index in [4.69, 9.17) is 5.73 Å². The van der Waals surface area contributed by atoms with E-state index in [-0.39, 0.29) is 30.7 Å². The summed E-state index contributed by atoms with van der Waals surface area (Å²) in [5.41, 5.74) is 9.31. The standard InChI is InChI=1S/C18H21N5O.2ClH/c1-12(2)10-23-11-21-16-7-14(9-20-17(16)23)18(24)22-15-5-3-4-13(6-15)8-19;;/h3-7,9,11-12H,8,10,19H2,1-2H3,(H,22,24);2*1H. The van der Waals surface area contributed by atoms with Crippen LogP contribution in [0.5, 0.6) is 0 Å². The van der Waals surface area contributed by atoms with Crippen molar-refractivity contribution < 1.29 is 4.79 Å². The fourth-order valence-corrected chi connectivity index (χ4v) is 2.58. The Hall–Kier alpha value is -2.15. The molecule has 0 spiro atoms. The molecule has 0 aliphatic heterocycles. The molecule has 3 N–H and O–H groups in total. The molecule has 1 aromatic carbocycles. The molecule has 0 aliphatic carbocycles. The van der Waals surface area contributed by atoms with Gasteiger partial charge in [0.1, 0.15) is 5.52 Å². The lowest BCUT2D eigenvalue weighted by Crippen LogP contribution is -2.13. The van der Waals surface area contributed by atoms with Gasteiger partial charge in [0.05, 0.1) is 11.9 Å². The minimum absolute atomic E-state index is 0. The fraction of sp³-hybridized carbons (Fsp3) is 0.278. The van der Waals surface area contributed by atoms with Crippen molar-refractivity contribution in [3.05, 3.63) is 54.0 Å². The summed E-state index contributed by atoms with van der Waals surface area (Å²) in [5, 5.41) is 2.87. The second-order valence-electron chi connectivity index (χ2n) is 6.22. The Bertz CT molecular complexity index is 879. The first-order valence-electron chi connectivity index (χ1n) is 7.98. The van der Waals surface area contributed by atoms with Gasteiger partial charge in [0.15, 0.2) is 5.65 Å². The second kappa shape index (κ2) is 9.52. The van der Waals surface area contributed by atoms with Crippen molar-refractivity contribution in [3.63, 3.8) is 0 Å². The number of nitrogens with one attached hydrogen (secondary N) is 1. The van der Waals surface area contributed by atoms with Crippen LogP contribution in [0.15, 0.2) is 42.9 Å². The predicted molar refractivity (Wildman–Crippen MR) is 109 cm³/mol. The molecule has 3 aromatic rings. The molecule has 3 rings (SSSR count). The number of aromatic nitrogens is 3.